The lowest BCUT2D eigenvalue weighted by molar-refractivity contribution is 0.413. The van der Waals surface area contributed by atoms with Gasteiger partial charge in [-0.1, -0.05) is 0 Å². The van der Waals surface area contributed by atoms with Crippen molar-refractivity contribution in [2.75, 3.05) is 14.2 Å². The van der Waals surface area contributed by atoms with Crippen LogP contribution < -0.4 is 9.47 Å². The summed E-state index contributed by atoms with van der Waals surface area (Å²) in [5.74, 6) is 1.51. The average Bonchev–Trinajstić information content (AvgIpc) is 3.13. The van der Waals surface area contributed by atoms with Crippen molar-refractivity contribution in [3.8, 4) is 22.9 Å². The second-order valence-corrected chi connectivity index (χ2v) is 4.98. The Labute approximate surface area is 134 Å². The maximum atomic E-state index is 5.39. The van der Waals surface area contributed by atoms with Crippen molar-refractivity contribution in [3.05, 3.63) is 54.6 Å². The summed E-state index contributed by atoms with van der Waals surface area (Å²) in [5.41, 5.74) is 2.45. The van der Waals surface area contributed by atoms with E-state index in [2.05, 4.69) is 15.1 Å². The average molecular weight is 310 g/mol. The lowest BCUT2D eigenvalue weighted by Gasteiger charge is -2.09. The number of ether oxygens (including phenoxy) is 2. The highest BCUT2D eigenvalue weighted by atomic mass is 16.5. The zero-order chi connectivity index (χ0) is 16.1. The van der Waals surface area contributed by atoms with Crippen LogP contribution >= 0.6 is 0 Å². The van der Waals surface area contributed by atoms with Crippen molar-refractivity contribution >= 4 is 0 Å². The molecular weight excluding hydrogens is 292 g/mol. The Morgan fingerprint density at radius 1 is 1.00 bits per heavy atom. The SMILES string of the molecule is COc1ccnc(-c2cc(OC)cc(CCn3cccn3)n2)c1. The number of hydrogen-bond acceptors (Lipinski definition) is 5. The minimum atomic E-state index is 0.748. The van der Waals surface area contributed by atoms with Gasteiger partial charge in [-0.2, -0.15) is 5.10 Å². The largest absolute Gasteiger partial charge is 0.497 e. The van der Waals surface area contributed by atoms with Gasteiger partial charge in [0.1, 0.15) is 11.5 Å². The Hall–Kier alpha value is -2.89. The van der Waals surface area contributed by atoms with Crippen molar-refractivity contribution < 1.29 is 9.47 Å². The van der Waals surface area contributed by atoms with Crippen LogP contribution in [-0.4, -0.2) is 34.0 Å². The van der Waals surface area contributed by atoms with Crippen LogP contribution in [0.2, 0.25) is 0 Å². The second-order valence-electron chi connectivity index (χ2n) is 4.98. The quantitative estimate of drug-likeness (QED) is 0.700. The molecule has 0 amide bonds. The van der Waals surface area contributed by atoms with Crippen molar-refractivity contribution in [1.82, 2.24) is 19.7 Å². The van der Waals surface area contributed by atoms with Crippen LogP contribution in [0.25, 0.3) is 11.4 Å². The summed E-state index contributed by atoms with van der Waals surface area (Å²) in [6.45, 7) is 0.762. The van der Waals surface area contributed by atoms with Gasteiger partial charge < -0.3 is 9.47 Å². The van der Waals surface area contributed by atoms with E-state index >= 15 is 0 Å². The normalized spacial score (nSPS) is 10.5. The molecule has 3 rings (SSSR count). The predicted molar refractivity (Wildman–Crippen MR) is 86.5 cm³/mol. The van der Waals surface area contributed by atoms with Gasteiger partial charge in [-0.05, 0) is 12.1 Å². The zero-order valence-electron chi connectivity index (χ0n) is 13.1. The standard InChI is InChI=1S/C17H18N4O2/c1-22-14-4-7-18-16(11-14)17-12-15(23-2)10-13(20-17)5-9-21-8-3-6-19-21/h3-4,6-8,10-12H,5,9H2,1-2H3. The van der Waals surface area contributed by atoms with Crippen molar-refractivity contribution in [2.45, 2.75) is 13.0 Å². The first-order valence-electron chi connectivity index (χ1n) is 7.31. The van der Waals surface area contributed by atoms with E-state index in [0.29, 0.717) is 0 Å². The monoisotopic (exact) mass is 310 g/mol. The van der Waals surface area contributed by atoms with Gasteiger partial charge in [0, 0.05) is 55.4 Å². The van der Waals surface area contributed by atoms with Crippen molar-refractivity contribution in [3.63, 3.8) is 0 Å². The van der Waals surface area contributed by atoms with Crippen molar-refractivity contribution in [1.29, 1.82) is 0 Å². The topological polar surface area (TPSA) is 62.1 Å². The number of aromatic nitrogens is 4. The van der Waals surface area contributed by atoms with Crippen LogP contribution in [0.3, 0.4) is 0 Å². The first-order valence-corrected chi connectivity index (χ1v) is 7.31. The smallest absolute Gasteiger partial charge is 0.122 e. The predicted octanol–water partition coefficient (Wildman–Crippen LogP) is 2.60. The Morgan fingerprint density at radius 2 is 1.83 bits per heavy atom. The van der Waals surface area contributed by atoms with Crippen LogP contribution in [0.5, 0.6) is 11.5 Å². The summed E-state index contributed by atoms with van der Waals surface area (Å²) in [7, 11) is 3.28. The molecular formula is C17H18N4O2. The molecule has 6 heteroatoms. The third kappa shape index (κ3) is 3.66. The highest BCUT2D eigenvalue weighted by molar-refractivity contribution is 5.58. The summed E-state index contributed by atoms with van der Waals surface area (Å²) in [4.78, 5) is 9.06. The molecule has 0 aromatic carbocycles. The highest BCUT2D eigenvalue weighted by Crippen LogP contribution is 2.24. The number of aryl methyl sites for hydroxylation is 2. The molecule has 0 radical (unpaired) electrons. The van der Waals surface area contributed by atoms with E-state index in [9.17, 15) is 0 Å². The van der Waals surface area contributed by atoms with E-state index in [4.69, 9.17) is 9.47 Å². The van der Waals surface area contributed by atoms with E-state index < -0.39 is 0 Å². The van der Waals surface area contributed by atoms with Crippen LogP contribution in [0.1, 0.15) is 5.69 Å². The van der Waals surface area contributed by atoms with Crippen LogP contribution in [-0.2, 0) is 13.0 Å². The summed E-state index contributed by atoms with van der Waals surface area (Å²) in [6, 6.07) is 9.39. The molecule has 0 saturated carbocycles. The number of methoxy groups -OCH3 is 2. The third-order valence-corrected chi connectivity index (χ3v) is 3.47. The third-order valence-electron chi connectivity index (χ3n) is 3.47. The Morgan fingerprint density at radius 3 is 2.57 bits per heavy atom. The lowest BCUT2D eigenvalue weighted by atomic mass is 10.2. The fraction of sp³-hybridized carbons (Fsp3) is 0.235. The molecule has 0 aliphatic heterocycles. The van der Waals surface area contributed by atoms with Gasteiger partial charge in [-0.3, -0.25) is 14.6 Å². The first-order chi connectivity index (χ1) is 11.3. The van der Waals surface area contributed by atoms with Crippen LogP contribution in [0.15, 0.2) is 48.9 Å². The molecule has 3 aromatic rings. The Bertz CT molecular complexity index is 772. The van der Waals surface area contributed by atoms with Gasteiger partial charge in [0.05, 0.1) is 25.6 Å². The molecule has 118 valence electrons. The second kappa shape index (κ2) is 6.91. The van der Waals surface area contributed by atoms with E-state index in [1.807, 2.05) is 41.2 Å². The number of nitrogens with zero attached hydrogens (tertiary/aromatic N) is 4. The number of hydrogen-bond donors (Lipinski definition) is 0. The molecule has 0 bridgehead atoms. The number of pyridine rings is 2. The van der Waals surface area contributed by atoms with Gasteiger partial charge in [0.25, 0.3) is 0 Å². The molecule has 23 heavy (non-hydrogen) atoms. The zero-order valence-corrected chi connectivity index (χ0v) is 13.1. The van der Waals surface area contributed by atoms with Crippen LogP contribution in [0.4, 0.5) is 0 Å². The van der Waals surface area contributed by atoms with E-state index in [0.717, 1.165) is 41.5 Å². The molecule has 0 atom stereocenters. The minimum absolute atomic E-state index is 0.748. The summed E-state index contributed by atoms with van der Waals surface area (Å²) in [6.07, 6.45) is 6.17. The summed E-state index contributed by atoms with van der Waals surface area (Å²) < 4.78 is 12.5. The molecule has 0 unspecified atom stereocenters. The fourth-order valence-corrected chi connectivity index (χ4v) is 2.28. The van der Waals surface area contributed by atoms with Gasteiger partial charge in [0.15, 0.2) is 0 Å². The maximum absolute atomic E-state index is 5.39. The summed E-state index contributed by atoms with van der Waals surface area (Å²) >= 11 is 0. The lowest BCUT2D eigenvalue weighted by Crippen LogP contribution is -2.04. The van der Waals surface area contributed by atoms with E-state index in [1.54, 1.807) is 26.6 Å². The molecule has 3 heterocycles. The summed E-state index contributed by atoms with van der Waals surface area (Å²) in [5, 5.41) is 4.21. The van der Waals surface area contributed by atoms with Gasteiger partial charge in [0.2, 0.25) is 0 Å². The molecule has 0 aliphatic rings. The van der Waals surface area contributed by atoms with Gasteiger partial charge in [-0.25, -0.2) is 0 Å². The van der Waals surface area contributed by atoms with Crippen molar-refractivity contribution in [2.24, 2.45) is 0 Å². The van der Waals surface area contributed by atoms with Crippen LogP contribution in [0, 0.1) is 0 Å². The molecule has 3 aromatic heterocycles. The fourth-order valence-electron chi connectivity index (χ4n) is 2.28. The Kier molecular flexibility index (Phi) is 4.52. The van der Waals surface area contributed by atoms with Gasteiger partial charge in [-0.15, -0.1) is 0 Å². The molecule has 0 fully saturated rings. The molecule has 0 N–H and O–H groups in total. The first kappa shape index (κ1) is 15.0. The molecule has 0 saturated heterocycles. The molecule has 0 spiro atoms. The highest BCUT2D eigenvalue weighted by Gasteiger charge is 2.08. The molecule has 0 aliphatic carbocycles. The number of rotatable bonds is 6. The van der Waals surface area contributed by atoms with E-state index in [1.165, 1.54) is 0 Å². The molecule has 6 nitrogen and oxygen atoms in total. The maximum Gasteiger partial charge on any atom is 0.122 e. The Balaban J connectivity index is 1.88. The minimum Gasteiger partial charge on any atom is -0.497 e. The van der Waals surface area contributed by atoms with Gasteiger partial charge >= 0.3 is 0 Å². The van der Waals surface area contributed by atoms with E-state index in [-0.39, 0.29) is 0 Å².